The summed E-state index contributed by atoms with van der Waals surface area (Å²) in [5, 5.41) is 0. The molecule has 0 aliphatic carbocycles. The molecule has 1 aliphatic rings. The Morgan fingerprint density at radius 3 is 2.17 bits per heavy atom. The third-order valence-electron chi connectivity index (χ3n) is 4.76. The van der Waals surface area contributed by atoms with Crippen molar-refractivity contribution in [3.05, 3.63) is 71.6 Å². The molecule has 0 N–H and O–H groups in total. The van der Waals surface area contributed by atoms with Gasteiger partial charge in [-0.3, -0.25) is 9.59 Å². The third kappa shape index (κ3) is 4.78. The summed E-state index contributed by atoms with van der Waals surface area (Å²) in [6, 6.07) is 12.0. The van der Waals surface area contributed by atoms with Gasteiger partial charge in [0, 0.05) is 43.4 Å². The van der Waals surface area contributed by atoms with Crippen LogP contribution in [0.25, 0.3) is 6.08 Å². The van der Waals surface area contributed by atoms with E-state index < -0.39 is 15.8 Å². The minimum absolute atomic E-state index is 0.113. The van der Waals surface area contributed by atoms with Crippen LogP contribution in [0, 0.1) is 5.82 Å². The molecule has 0 bridgehead atoms. The maximum absolute atomic E-state index is 13.6. The average molecular weight is 416 g/mol. The highest BCUT2D eigenvalue weighted by atomic mass is 32.2. The highest BCUT2D eigenvalue weighted by Gasteiger charge is 2.29. The van der Waals surface area contributed by atoms with Gasteiger partial charge in [0.1, 0.15) is 5.82 Å². The van der Waals surface area contributed by atoms with Crippen molar-refractivity contribution >= 4 is 27.8 Å². The van der Waals surface area contributed by atoms with Gasteiger partial charge in [-0.15, -0.1) is 0 Å². The van der Waals surface area contributed by atoms with E-state index in [4.69, 9.17) is 0 Å². The number of amides is 1. The number of sulfonamides is 1. The molecule has 1 heterocycles. The van der Waals surface area contributed by atoms with Crippen LogP contribution in [-0.2, 0) is 14.8 Å². The molecule has 29 heavy (non-hydrogen) atoms. The molecule has 152 valence electrons. The van der Waals surface area contributed by atoms with Gasteiger partial charge in [0.25, 0.3) is 0 Å². The van der Waals surface area contributed by atoms with Gasteiger partial charge < -0.3 is 4.90 Å². The van der Waals surface area contributed by atoms with Gasteiger partial charge in [-0.25, -0.2) is 12.8 Å². The molecule has 1 saturated heterocycles. The number of rotatable bonds is 5. The minimum Gasteiger partial charge on any atom is -0.337 e. The summed E-state index contributed by atoms with van der Waals surface area (Å²) in [6.45, 7) is 2.23. The van der Waals surface area contributed by atoms with Gasteiger partial charge >= 0.3 is 0 Å². The zero-order valence-corrected chi connectivity index (χ0v) is 16.7. The third-order valence-corrected chi connectivity index (χ3v) is 6.67. The van der Waals surface area contributed by atoms with Crippen molar-refractivity contribution < 1.29 is 22.4 Å². The van der Waals surface area contributed by atoms with Gasteiger partial charge in [-0.2, -0.15) is 4.31 Å². The Hall–Kier alpha value is -2.84. The molecule has 1 aliphatic heterocycles. The lowest BCUT2D eigenvalue weighted by Gasteiger charge is -2.33. The van der Waals surface area contributed by atoms with Crippen LogP contribution in [0.5, 0.6) is 0 Å². The molecule has 0 aromatic heterocycles. The van der Waals surface area contributed by atoms with E-state index in [9.17, 15) is 22.4 Å². The van der Waals surface area contributed by atoms with E-state index in [0.29, 0.717) is 11.1 Å². The Balaban J connectivity index is 1.62. The predicted molar refractivity (Wildman–Crippen MR) is 107 cm³/mol. The number of ketones is 1. The van der Waals surface area contributed by atoms with Crippen molar-refractivity contribution in [3.63, 3.8) is 0 Å². The molecule has 0 atom stereocenters. The summed E-state index contributed by atoms with van der Waals surface area (Å²) in [7, 11) is -3.70. The number of Topliss-reactive ketones (excluding diaryl/α,β-unsaturated/α-hetero) is 1. The molecule has 0 radical (unpaired) electrons. The lowest BCUT2D eigenvalue weighted by molar-refractivity contribution is -0.127. The Morgan fingerprint density at radius 2 is 1.59 bits per heavy atom. The van der Waals surface area contributed by atoms with Crippen LogP contribution in [0.4, 0.5) is 4.39 Å². The van der Waals surface area contributed by atoms with Gasteiger partial charge in [0.15, 0.2) is 5.78 Å². The number of carbonyl (C=O) groups excluding carboxylic acids is 2. The highest BCUT2D eigenvalue weighted by molar-refractivity contribution is 7.89. The fraction of sp³-hybridized carbons (Fsp3) is 0.238. The molecular weight excluding hydrogens is 395 g/mol. The largest absolute Gasteiger partial charge is 0.337 e. The van der Waals surface area contributed by atoms with Crippen LogP contribution in [0.3, 0.4) is 0 Å². The van der Waals surface area contributed by atoms with Crippen molar-refractivity contribution in [2.45, 2.75) is 11.8 Å². The standard InChI is InChI=1S/C21H21FN2O4S/c1-16(25)17-6-9-19(10-7-17)29(27,28)24-14-12-23(13-15-24)21(26)11-8-18-4-2-3-5-20(18)22/h2-11H,12-15H2,1H3/b11-8+. The highest BCUT2D eigenvalue weighted by Crippen LogP contribution is 2.19. The van der Waals surface area contributed by atoms with Crippen LogP contribution < -0.4 is 0 Å². The van der Waals surface area contributed by atoms with Crippen LogP contribution in [0.1, 0.15) is 22.8 Å². The summed E-state index contributed by atoms with van der Waals surface area (Å²) in [5.41, 5.74) is 0.761. The molecule has 0 saturated carbocycles. The molecule has 6 nitrogen and oxygen atoms in total. The smallest absolute Gasteiger partial charge is 0.246 e. The number of hydrogen-bond donors (Lipinski definition) is 0. The number of benzene rings is 2. The van der Waals surface area contributed by atoms with E-state index in [-0.39, 0.29) is 42.8 Å². The van der Waals surface area contributed by atoms with Crippen molar-refractivity contribution in [2.75, 3.05) is 26.2 Å². The van der Waals surface area contributed by atoms with E-state index in [0.717, 1.165) is 0 Å². The Bertz CT molecular complexity index is 1040. The molecule has 2 aromatic carbocycles. The number of carbonyl (C=O) groups is 2. The molecular formula is C21H21FN2O4S. The number of hydrogen-bond acceptors (Lipinski definition) is 4. The lowest BCUT2D eigenvalue weighted by Crippen LogP contribution is -2.50. The first kappa shape index (κ1) is 20.9. The first-order chi connectivity index (χ1) is 13.8. The number of nitrogens with zero attached hydrogens (tertiary/aromatic N) is 2. The van der Waals surface area contributed by atoms with Crippen molar-refractivity contribution in [1.29, 1.82) is 0 Å². The fourth-order valence-electron chi connectivity index (χ4n) is 3.04. The minimum atomic E-state index is -3.70. The Labute approximate surface area is 169 Å². The number of piperazine rings is 1. The Kier molecular flexibility index (Phi) is 6.24. The van der Waals surface area contributed by atoms with Gasteiger partial charge in [0.05, 0.1) is 4.90 Å². The Morgan fingerprint density at radius 1 is 0.966 bits per heavy atom. The maximum atomic E-state index is 13.6. The van der Waals surface area contributed by atoms with Crippen LogP contribution >= 0.6 is 0 Å². The second-order valence-electron chi connectivity index (χ2n) is 6.66. The van der Waals surface area contributed by atoms with E-state index in [1.54, 1.807) is 18.2 Å². The van der Waals surface area contributed by atoms with Crippen LogP contribution in [0.2, 0.25) is 0 Å². The molecule has 3 rings (SSSR count). The quantitative estimate of drug-likeness (QED) is 0.555. The summed E-state index contributed by atoms with van der Waals surface area (Å²) in [5.74, 6) is -0.844. The number of halogens is 1. The van der Waals surface area contributed by atoms with E-state index >= 15 is 0 Å². The first-order valence-electron chi connectivity index (χ1n) is 9.12. The van der Waals surface area contributed by atoms with Gasteiger partial charge in [0.2, 0.25) is 15.9 Å². The molecule has 0 unspecified atom stereocenters. The summed E-state index contributed by atoms with van der Waals surface area (Å²) >= 11 is 0. The molecule has 8 heteroatoms. The predicted octanol–water partition coefficient (Wildman–Crippen LogP) is 2.57. The summed E-state index contributed by atoms with van der Waals surface area (Å²) in [6.07, 6.45) is 2.71. The second-order valence-corrected chi connectivity index (χ2v) is 8.60. The zero-order valence-electron chi connectivity index (χ0n) is 15.9. The normalized spacial score (nSPS) is 15.6. The van der Waals surface area contributed by atoms with Crippen LogP contribution in [0.15, 0.2) is 59.5 Å². The summed E-state index contributed by atoms with van der Waals surface area (Å²) < 4.78 is 40.5. The van der Waals surface area contributed by atoms with Gasteiger partial charge in [-0.1, -0.05) is 30.3 Å². The fourth-order valence-corrected chi connectivity index (χ4v) is 4.46. The van der Waals surface area contributed by atoms with E-state index in [2.05, 4.69) is 0 Å². The monoisotopic (exact) mass is 416 g/mol. The van der Waals surface area contributed by atoms with E-state index in [1.807, 2.05) is 0 Å². The van der Waals surface area contributed by atoms with Crippen molar-refractivity contribution in [3.8, 4) is 0 Å². The zero-order chi connectivity index (χ0) is 21.0. The second kappa shape index (κ2) is 8.67. The lowest BCUT2D eigenvalue weighted by atomic mass is 10.2. The first-order valence-corrected chi connectivity index (χ1v) is 10.6. The summed E-state index contributed by atoms with van der Waals surface area (Å²) in [4.78, 5) is 25.3. The van der Waals surface area contributed by atoms with Gasteiger partial charge in [-0.05, 0) is 31.2 Å². The van der Waals surface area contributed by atoms with Crippen LogP contribution in [-0.4, -0.2) is 55.5 Å². The molecule has 2 aromatic rings. The SMILES string of the molecule is CC(=O)c1ccc(S(=O)(=O)N2CCN(C(=O)/C=C/c3ccccc3F)CC2)cc1. The van der Waals surface area contributed by atoms with Crippen molar-refractivity contribution in [2.24, 2.45) is 0 Å². The molecule has 0 spiro atoms. The molecule has 1 amide bonds. The van der Waals surface area contributed by atoms with E-state index in [1.165, 1.54) is 58.6 Å². The maximum Gasteiger partial charge on any atom is 0.246 e. The van der Waals surface area contributed by atoms with Crippen molar-refractivity contribution in [1.82, 2.24) is 9.21 Å². The topological polar surface area (TPSA) is 74.8 Å². The molecule has 1 fully saturated rings. The average Bonchev–Trinajstić information content (AvgIpc) is 2.73.